The molecule has 1 aromatic rings. The van der Waals surface area contributed by atoms with Crippen molar-refractivity contribution in [2.75, 3.05) is 29.9 Å². The maximum absolute atomic E-state index is 13.0. The quantitative estimate of drug-likeness (QED) is 0.767. The van der Waals surface area contributed by atoms with Gasteiger partial charge in [0.15, 0.2) is 0 Å². The number of para-hydroxylation sites is 2. The van der Waals surface area contributed by atoms with E-state index in [0.717, 1.165) is 61.5 Å². The van der Waals surface area contributed by atoms with Gasteiger partial charge in [0.2, 0.25) is 11.8 Å². The van der Waals surface area contributed by atoms with Crippen LogP contribution >= 0.6 is 0 Å². The lowest BCUT2D eigenvalue weighted by Crippen LogP contribution is -2.53. The smallest absolute Gasteiger partial charge is 0.226 e. The van der Waals surface area contributed by atoms with E-state index >= 15 is 0 Å². The first kappa shape index (κ1) is 19.0. The van der Waals surface area contributed by atoms with Gasteiger partial charge >= 0.3 is 0 Å². The molecular weight excluding hydrogens is 362 g/mol. The fourth-order valence-corrected chi connectivity index (χ4v) is 6.89. The summed E-state index contributed by atoms with van der Waals surface area (Å²) >= 11 is 0. The summed E-state index contributed by atoms with van der Waals surface area (Å²) in [6.07, 6.45) is 9.96. The molecule has 5 fully saturated rings. The van der Waals surface area contributed by atoms with Crippen molar-refractivity contribution in [3.05, 3.63) is 24.3 Å². The van der Waals surface area contributed by atoms with Gasteiger partial charge < -0.3 is 15.5 Å². The monoisotopic (exact) mass is 395 g/mol. The zero-order valence-electron chi connectivity index (χ0n) is 17.3. The van der Waals surface area contributed by atoms with Crippen molar-refractivity contribution in [3.8, 4) is 0 Å². The van der Waals surface area contributed by atoms with Crippen LogP contribution in [0.1, 0.15) is 57.8 Å². The molecule has 1 aliphatic heterocycles. The Morgan fingerprint density at radius 3 is 2.24 bits per heavy atom. The molecule has 2 amide bonds. The Balaban J connectivity index is 1.14. The van der Waals surface area contributed by atoms with Crippen LogP contribution in [-0.4, -0.2) is 31.4 Å². The molecule has 1 heterocycles. The molecule has 156 valence electrons. The largest absolute Gasteiger partial charge is 0.370 e. The summed E-state index contributed by atoms with van der Waals surface area (Å²) in [7, 11) is 0. The molecule has 0 radical (unpaired) electrons. The van der Waals surface area contributed by atoms with Gasteiger partial charge in [0, 0.05) is 31.5 Å². The third kappa shape index (κ3) is 3.76. The molecule has 0 unspecified atom stereocenters. The molecule has 4 bridgehead atoms. The topological polar surface area (TPSA) is 61.4 Å². The lowest BCUT2D eigenvalue weighted by molar-refractivity contribution is -0.146. The van der Waals surface area contributed by atoms with Crippen molar-refractivity contribution in [1.29, 1.82) is 0 Å². The second kappa shape index (κ2) is 7.66. The summed E-state index contributed by atoms with van der Waals surface area (Å²) in [6, 6.07) is 8.04. The summed E-state index contributed by atoms with van der Waals surface area (Å²) in [5, 5.41) is 6.18. The van der Waals surface area contributed by atoms with E-state index in [9.17, 15) is 9.59 Å². The van der Waals surface area contributed by atoms with Crippen LogP contribution in [0.25, 0.3) is 0 Å². The van der Waals surface area contributed by atoms with Crippen molar-refractivity contribution >= 4 is 23.2 Å². The molecule has 0 aromatic heterocycles. The normalized spacial score (nSPS) is 32.4. The van der Waals surface area contributed by atoms with Crippen molar-refractivity contribution in [2.24, 2.45) is 23.2 Å². The number of anilines is 2. The van der Waals surface area contributed by atoms with E-state index in [-0.39, 0.29) is 17.2 Å². The van der Waals surface area contributed by atoms with E-state index in [4.69, 9.17) is 0 Å². The lowest BCUT2D eigenvalue weighted by Gasteiger charge is -2.55. The standard InChI is InChI=1S/C24H33N3O2/c28-22(26-20-5-1-2-6-21(20)27-9-3-4-10-27)7-8-25-23(29)24-14-17-11-18(15-24)13-19(12-17)16-24/h1-2,5-6,17-19H,3-4,7-16H2,(H,25,29)(H,26,28). The maximum Gasteiger partial charge on any atom is 0.226 e. The van der Waals surface area contributed by atoms with E-state index < -0.39 is 0 Å². The Morgan fingerprint density at radius 1 is 0.966 bits per heavy atom. The maximum atomic E-state index is 13.0. The van der Waals surface area contributed by atoms with Crippen molar-refractivity contribution < 1.29 is 9.59 Å². The van der Waals surface area contributed by atoms with Crippen LogP contribution in [0.2, 0.25) is 0 Å². The van der Waals surface area contributed by atoms with Crippen LogP contribution in [0.3, 0.4) is 0 Å². The number of hydrogen-bond acceptors (Lipinski definition) is 3. The first-order valence-corrected chi connectivity index (χ1v) is 11.5. The molecule has 4 saturated carbocycles. The number of amides is 2. The van der Waals surface area contributed by atoms with E-state index in [1.54, 1.807) is 0 Å². The van der Waals surface area contributed by atoms with Gasteiger partial charge in [0.1, 0.15) is 0 Å². The highest BCUT2D eigenvalue weighted by molar-refractivity contribution is 5.95. The lowest BCUT2D eigenvalue weighted by atomic mass is 9.49. The summed E-state index contributed by atoms with van der Waals surface area (Å²) in [6.45, 7) is 2.53. The molecule has 0 atom stereocenters. The number of hydrogen-bond donors (Lipinski definition) is 2. The Bertz CT molecular complexity index is 749. The molecule has 1 saturated heterocycles. The number of carbonyl (C=O) groups excluding carboxylic acids is 2. The van der Waals surface area contributed by atoms with Gasteiger partial charge in [-0.2, -0.15) is 0 Å². The molecule has 6 rings (SSSR count). The molecule has 29 heavy (non-hydrogen) atoms. The predicted octanol–water partition coefficient (Wildman–Crippen LogP) is 3.95. The highest BCUT2D eigenvalue weighted by atomic mass is 16.2. The van der Waals surface area contributed by atoms with Gasteiger partial charge in [-0.05, 0) is 81.3 Å². The number of nitrogens with one attached hydrogen (secondary N) is 2. The molecule has 4 aliphatic carbocycles. The number of nitrogens with zero attached hydrogens (tertiary/aromatic N) is 1. The van der Waals surface area contributed by atoms with Gasteiger partial charge in [-0.15, -0.1) is 0 Å². The van der Waals surface area contributed by atoms with Crippen LogP contribution in [0.15, 0.2) is 24.3 Å². The van der Waals surface area contributed by atoms with E-state index in [2.05, 4.69) is 21.6 Å². The van der Waals surface area contributed by atoms with Crippen LogP contribution in [-0.2, 0) is 9.59 Å². The van der Waals surface area contributed by atoms with E-state index in [0.29, 0.717) is 13.0 Å². The number of carbonyl (C=O) groups is 2. The third-order valence-corrected chi connectivity index (χ3v) is 7.78. The average Bonchev–Trinajstić information content (AvgIpc) is 3.22. The molecular formula is C24H33N3O2. The molecule has 5 nitrogen and oxygen atoms in total. The zero-order chi connectivity index (χ0) is 19.8. The number of rotatable bonds is 6. The SMILES string of the molecule is O=C(CCNC(=O)C12CC3CC(CC(C3)C1)C2)Nc1ccccc1N1CCCC1. The van der Waals surface area contributed by atoms with Crippen molar-refractivity contribution in [2.45, 2.75) is 57.8 Å². The van der Waals surface area contributed by atoms with Gasteiger partial charge in [0.05, 0.1) is 11.4 Å². The minimum absolute atomic E-state index is 0.0255. The highest BCUT2D eigenvalue weighted by Gasteiger charge is 2.54. The second-order valence-corrected chi connectivity index (χ2v) is 9.96. The van der Waals surface area contributed by atoms with Gasteiger partial charge in [-0.3, -0.25) is 9.59 Å². The predicted molar refractivity (Wildman–Crippen MR) is 115 cm³/mol. The summed E-state index contributed by atoms with van der Waals surface area (Å²) in [5.74, 6) is 2.47. The van der Waals surface area contributed by atoms with Crippen molar-refractivity contribution in [1.82, 2.24) is 5.32 Å². The molecule has 0 spiro atoms. The Hall–Kier alpha value is -2.04. The van der Waals surface area contributed by atoms with Gasteiger partial charge in [0.25, 0.3) is 0 Å². The third-order valence-electron chi connectivity index (χ3n) is 7.78. The van der Waals surface area contributed by atoms with Crippen molar-refractivity contribution in [3.63, 3.8) is 0 Å². The van der Waals surface area contributed by atoms with Crippen LogP contribution in [0.4, 0.5) is 11.4 Å². The van der Waals surface area contributed by atoms with Crippen LogP contribution in [0.5, 0.6) is 0 Å². The fraction of sp³-hybridized carbons (Fsp3) is 0.667. The Labute approximate surface area is 173 Å². The van der Waals surface area contributed by atoms with Gasteiger partial charge in [-0.1, -0.05) is 12.1 Å². The molecule has 2 N–H and O–H groups in total. The average molecular weight is 396 g/mol. The summed E-state index contributed by atoms with van der Waals surface area (Å²) in [4.78, 5) is 27.9. The molecule has 5 heteroatoms. The minimum atomic E-state index is -0.131. The first-order valence-electron chi connectivity index (χ1n) is 11.5. The fourth-order valence-electron chi connectivity index (χ4n) is 6.89. The first-order chi connectivity index (χ1) is 14.1. The molecule has 5 aliphatic rings. The summed E-state index contributed by atoms with van der Waals surface area (Å²) < 4.78 is 0. The van der Waals surface area contributed by atoms with Crippen LogP contribution in [0, 0.1) is 23.2 Å². The summed E-state index contributed by atoms with van der Waals surface area (Å²) in [5.41, 5.74) is 1.86. The Kier molecular flexibility index (Phi) is 5.00. The highest BCUT2D eigenvalue weighted by Crippen LogP contribution is 2.60. The zero-order valence-corrected chi connectivity index (χ0v) is 17.3. The minimum Gasteiger partial charge on any atom is -0.370 e. The van der Waals surface area contributed by atoms with Gasteiger partial charge in [-0.25, -0.2) is 0 Å². The second-order valence-electron chi connectivity index (χ2n) is 9.96. The van der Waals surface area contributed by atoms with E-state index in [1.165, 1.54) is 32.1 Å². The van der Waals surface area contributed by atoms with E-state index in [1.807, 2.05) is 18.2 Å². The molecule has 1 aromatic carbocycles. The van der Waals surface area contributed by atoms with Crippen LogP contribution < -0.4 is 15.5 Å². The number of benzene rings is 1. The Morgan fingerprint density at radius 2 is 1.59 bits per heavy atom.